The first-order valence-electron chi connectivity index (χ1n) is 16.8. The average Bonchev–Trinajstić information content (AvgIpc) is 3.15. The molecule has 0 unspecified atom stereocenters. The second kappa shape index (κ2) is 18.4. The van der Waals surface area contributed by atoms with Crippen LogP contribution in [0.25, 0.3) is 0 Å². The molecule has 16 nitrogen and oxygen atoms in total. The van der Waals surface area contributed by atoms with Crippen LogP contribution in [0.15, 0.2) is 91.0 Å². The fourth-order valence-corrected chi connectivity index (χ4v) is 5.76. The monoisotopic (exact) mass is 750 g/mol. The number of carbonyl (C=O) groups is 6. The summed E-state index contributed by atoms with van der Waals surface area (Å²) in [6, 6.07) is 23.7. The zero-order chi connectivity index (χ0) is 38.8. The van der Waals surface area contributed by atoms with Crippen molar-refractivity contribution in [3.8, 4) is 0 Å². The maximum absolute atomic E-state index is 13.5. The number of aliphatic hydroxyl groups is 1. The number of hydrogen-bond acceptors (Lipinski definition) is 16. The van der Waals surface area contributed by atoms with E-state index in [4.69, 9.17) is 42.6 Å². The maximum atomic E-state index is 13.5. The van der Waals surface area contributed by atoms with Crippen LogP contribution in [-0.2, 0) is 57.0 Å². The van der Waals surface area contributed by atoms with Crippen molar-refractivity contribution >= 4 is 35.8 Å². The lowest BCUT2D eigenvalue weighted by Gasteiger charge is -2.44. The number of benzene rings is 3. The molecular weight excluding hydrogens is 712 g/mol. The Hall–Kier alpha value is -5.68. The molecule has 0 radical (unpaired) electrons. The van der Waals surface area contributed by atoms with E-state index in [-0.39, 0.29) is 16.7 Å². The molecule has 3 aromatic carbocycles. The summed E-state index contributed by atoms with van der Waals surface area (Å²) in [7, 11) is 0. The van der Waals surface area contributed by atoms with Crippen LogP contribution in [-0.4, -0.2) is 109 Å². The first-order valence-corrected chi connectivity index (χ1v) is 16.8. The van der Waals surface area contributed by atoms with Gasteiger partial charge in [0.05, 0.1) is 29.9 Å². The maximum Gasteiger partial charge on any atom is 0.338 e. The smallest absolute Gasteiger partial charge is 0.338 e. The number of esters is 6. The molecule has 5 rings (SSSR count). The lowest BCUT2D eigenvalue weighted by molar-refractivity contribution is -0.315. The van der Waals surface area contributed by atoms with E-state index in [1.807, 2.05) is 0 Å². The van der Waals surface area contributed by atoms with Gasteiger partial charge < -0.3 is 47.7 Å². The Labute approximate surface area is 309 Å². The fraction of sp³-hybridized carbons (Fsp3) is 0.368. The summed E-state index contributed by atoms with van der Waals surface area (Å²) in [5, 5.41) is 10.8. The Balaban J connectivity index is 1.47. The molecule has 54 heavy (non-hydrogen) atoms. The number of carbonyl (C=O) groups excluding carboxylic acids is 6. The van der Waals surface area contributed by atoms with Crippen molar-refractivity contribution < 1.29 is 76.5 Å². The van der Waals surface area contributed by atoms with Crippen LogP contribution in [0.2, 0.25) is 0 Å². The highest BCUT2D eigenvalue weighted by atomic mass is 16.7. The van der Waals surface area contributed by atoms with Crippen molar-refractivity contribution in [2.24, 2.45) is 0 Å². The summed E-state index contributed by atoms with van der Waals surface area (Å²) in [5.41, 5.74) is 0.429. The van der Waals surface area contributed by atoms with Crippen molar-refractivity contribution in [2.75, 3.05) is 13.2 Å². The van der Waals surface area contributed by atoms with Gasteiger partial charge in [0, 0.05) is 20.8 Å². The molecule has 286 valence electrons. The Kier molecular flexibility index (Phi) is 13.5. The summed E-state index contributed by atoms with van der Waals surface area (Å²) in [4.78, 5) is 76.3. The lowest BCUT2D eigenvalue weighted by Crippen LogP contribution is -2.63. The van der Waals surface area contributed by atoms with Gasteiger partial charge in [0.1, 0.15) is 6.10 Å². The van der Waals surface area contributed by atoms with Gasteiger partial charge in [-0.1, -0.05) is 54.6 Å². The van der Waals surface area contributed by atoms with E-state index in [1.165, 1.54) is 36.4 Å². The van der Waals surface area contributed by atoms with Crippen molar-refractivity contribution in [1.29, 1.82) is 0 Å². The average molecular weight is 751 g/mol. The minimum Gasteiger partial charge on any atom is -0.456 e. The third-order valence-electron chi connectivity index (χ3n) is 8.10. The first-order chi connectivity index (χ1) is 25.9. The molecule has 0 aromatic heterocycles. The van der Waals surface area contributed by atoms with Gasteiger partial charge in [-0.15, -0.1) is 0 Å². The van der Waals surface area contributed by atoms with Crippen molar-refractivity contribution in [2.45, 2.75) is 76.1 Å². The van der Waals surface area contributed by atoms with E-state index < -0.39 is 104 Å². The summed E-state index contributed by atoms with van der Waals surface area (Å²) in [6.45, 7) is 2.15. The van der Waals surface area contributed by atoms with E-state index >= 15 is 0 Å². The number of ether oxygens (including phenoxy) is 9. The number of aliphatic hydroxyl groups excluding tert-OH is 1. The molecule has 0 amide bonds. The molecule has 2 aliphatic rings. The Morgan fingerprint density at radius 2 is 0.981 bits per heavy atom. The molecule has 0 saturated carbocycles. The fourth-order valence-electron chi connectivity index (χ4n) is 5.76. The van der Waals surface area contributed by atoms with Crippen molar-refractivity contribution in [1.82, 2.24) is 0 Å². The van der Waals surface area contributed by atoms with E-state index in [9.17, 15) is 33.9 Å². The van der Waals surface area contributed by atoms with E-state index in [1.54, 1.807) is 54.6 Å². The van der Waals surface area contributed by atoms with E-state index in [0.29, 0.717) is 0 Å². The molecule has 16 heteroatoms. The minimum atomic E-state index is -1.89. The van der Waals surface area contributed by atoms with Crippen LogP contribution in [0.3, 0.4) is 0 Å². The third kappa shape index (κ3) is 10.3. The lowest BCUT2D eigenvalue weighted by atomic mass is 9.98. The van der Waals surface area contributed by atoms with Crippen LogP contribution in [0, 0.1) is 0 Å². The molecule has 2 saturated heterocycles. The highest BCUT2D eigenvalue weighted by molar-refractivity contribution is 5.91. The highest BCUT2D eigenvalue weighted by Crippen LogP contribution is 2.31. The van der Waals surface area contributed by atoms with Gasteiger partial charge in [-0.3, -0.25) is 14.4 Å². The molecular formula is C38H38O16. The highest BCUT2D eigenvalue weighted by Gasteiger charge is 2.53. The van der Waals surface area contributed by atoms with E-state index in [0.717, 1.165) is 20.8 Å². The zero-order valence-electron chi connectivity index (χ0n) is 29.3. The van der Waals surface area contributed by atoms with Gasteiger partial charge in [0.25, 0.3) is 0 Å². The van der Waals surface area contributed by atoms with Gasteiger partial charge in [-0.05, 0) is 36.4 Å². The summed E-state index contributed by atoms with van der Waals surface area (Å²) in [6.07, 6.45) is -14.0. The topological polar surface area (TPSA) is 206 Å². The molecule has 3 aromatic rings. The van der Waals surface area contributed by atoms with Crippen LogP contribution in [0.1, 0.15) is 51.8 Å². The normalized spacial score (nSPS) is 26.3. The van der Waals surface area contributed by atoms with Crippen molar-refractivity contribution in [3.63, 3.8) is 0 Å². The molecule has 2 heterocycles. The summed E-state index contributed by atoms with van der Waals surface area (Å²) >= 11 is 0. The molecule has 2 fully saturated rings. The Morgan fingerprint density at radius 3 is 1.46 bits per heavy atom. The molecule has 2 aliphatic heterocycles. The van der Waals surface area contributed by atoms with Gasteiger partial charge in [0.15, 0.2) is 49.2 Å². The van der Waals surface area contributed by atoms with Crippen LogP contribution < -0.4 is 0 Å². The third-order valence-corrected chi connectivity index (χ3v) is 8.10. The Morgan fingerprint density at radius 1 is 0.556 bits per heavy atom. The molecule has 0 spiro atoms. The summed E-state index contributed by atoms with van der Waals surface area (Å²) < 4.78 is 51.1. The second-order valence-electron chi connectivity index (χ2n) is 12.1. The van der Waals surface area contributed by atoms with E-state index in [2.05, 4.69) is 0 Å². The Bertz CT molecular complexity index is 1770. The summed E-state index contributed by atoms with van der Waals surface area (Å²) in [5.74, 6) is -5.07. The predicted molar refractivity (Wildman–Crippen MR) is 180 cm³/mol. The molecule has 0 aliphatic carbocycles. The quantitative estimate of drug-likeness (QED) is 0.209. The van der Waals surface area contributed by atoms with Gasteiger partial charge in [-0.25, -0.2) is 14.4 Å². The molecule has 1 N–H and O–H groups in total. The van der Waals surface area contributed by atoms with Gasteiger partial charge >= 0.3 is 35.8 Å². The largest absolute Gasteiger partial charge is 0.456 e. The minimum absolute atomic E-state index is 0.113. The van der Waals surface area contributed by atoms with Crippen LogP contribution in [0.5, 0.6) is 0 Å². The van der Waals surface area contributed by atoms with Gasteiger partial charge in [-0.2, -0.15) is 0 Å². The van der Waals surface area contributed by atoms with Crippen LogP contribution >= 0.6 is 0 Å². The number of hydrogen-bond donors (Lipinski definition) is 1. The standard InChI is InChI=1S/C38H38O16/c1-21(39)48-29-27(52-37(45)32(50-23(3)41)31(29)49-22(2)40)19-46-38-33(54-36(44)26-17-11-6-12-18-26)30(53-35(43)25-15-9-5-10-16-25)28(20-47-38)51-34(42)24-13-7-4-8-14-24/h4-18,27-33,37-38,45H,19-20H2,1-3H3/t27-,28-,29-,30+,31+,32-,33-,37+,38-/m1/s1. The van der Waals surface area contributed by atoms with Crippen molar-refractivity contribution in [3.05, 3.63) is 108 Å². The zero-order valence-corrected chi connectivity index (χ0v) is 29.3. The molecule has 0 bridgehead atoms. The number of rotatable bonds is 12. The SMILES string of the molecule is CC(=O)O[C@@H]1[C@@H](OC(C)=O)[C@@H](O)O[C@H](CO[C@@H]2OC[C@@H](OC(=O)c3ccccc3)[C@H](OC(=O)c3ccccc3)[C@H]2OC(=O)c2ccccc2)[C@H]1OC(C)=O. The van der Waals surface area contributed by atoms with Gasteiger partial charge in [0.2, 0.25) is 0 Å². The van der Waals surface area contributed by atoms with Crippen LogP contribution in [0.4, 0.5) is 0 Å². The molecule has 9 atom stereocenters. The second-order valence-corrected chi connectivity index (χ2v) is 12.1. The first kappa shape index (κ1) is 39.5. The predicted octanol–water partition coefficient (Wildman–Crippen LogP) is 2.55.